The zero-order valence-electron chi connectivity index (χ0n) is 19.0. The molecule has 0 saturated heterocycles. The number of carbonyl (C=O) groups excluding carboxylic acids is 1. The number of hydrogen-bond donors (Lipinski definition) is 1. The van der Waals surface area contributed by atoms with Crippen LogP contribution >= 0.6 is 43.5 Å². The van der Waals surface area contributed by atoms with Crippen molar-refractivity contribution in [1.82, 2.24) is 5.43 Å². The van der Waals surface area contributed by atoms with Crippen LogP contribution in [0, 0.1) is 0 Å². The third-order valence-corrected chi connectivity index (χ3v) is 6.65. The van der Waals surface area contributed by atoms with Crippen molar-refractivity contribution in [2.24, 2.45) is 5.10 Å². The fourth-order valence-corrected chi connectivity index (χ4v) is 4.94. The van der Waals surface area contributed by atoms with E-state index in [1.165, 1.54) is 0 Å². The van der Waals surface area contributed by atoms with Crippen LogP contribution in [0.3, 0.4) is 0 Å². The summed E-state index contributed by atoms with van der Waals surface area (Å²) in [6, 6.07) is 28.0. The van der Waals surface area contributed by atoms with E-state index in [0.29, 0.717) is 28.7 Å². The van der Waals surface area contributed by atoms with Gasteiger partial charge in [0.1, 0.15) is 24.7 Å². The Hall–Kier alpha value is -3.13. The number of nitrogens with one attached hydrogen (secondary N) is 1. The maximum absolute atomic E-state index is 12.8. The van der Waals surface area contributed by atoms with E-state index in [1.54, 1.807) is 36.5 Å². The highest BCUT2D eigenvalue weighted by Crippen LogP contribution is 2.35. The normalized spacial score (nSPS) is 10.9. The van der Waals surface area contributed by atoms with Gasteiger partial charge in [0, 0.05) is 10.6 Å². The maximum Gasteiger partial charge on any atom is 0.275 e. The first-order valence-corrected chi connectivity index (χ1v) is 12.9. The van der Waals surface area contributed by atoms with Gasteiger partial charge in [-0.1, -0.05) is 72.3 Å². The molecule has 182 valence electrons. The number of carbonyl (C=O) groups is 1. The van der Waals surface area contributed by atoms with E-state index >= 15 is 0 Å². The predicted molar refractivity (Wildman–Crippen MR) is 150 cm³/mol. The van der Waals surface area contributed by atoms with Crippen LogP contribution in [0.2, 0.25) is 5.02 Å². The van der Waals surface area contributed by atoms with Crippen molar-refractivity contribution in [3.8, 4) is 11.5 Å². The molecule has 8 heteroatoms. The second kappa shape index (κ2) is 12.7. The Morgan fingerprint density at radius 2 is 1.53 bits per heavy atom. The van der Waals surface area contributed by atoms with Crippen LogP contribution in [0.4, 0.5) is 0 Å². The minimum absolute atomic E-state index is 0.244. The summed E-state index contributed by atoms with van der Waals surface area (Å²) in [5.41, 5.74) is 5.60. The molecule has 0 unspecified atom stereocenters. The molecule has 0 aromatic heterocycles. The molecule has 0 aliphatic rings. The smallest absolute Gasteiger partial charge is 0.275 e. The van der Waals surface area contributed by atoms with Crippen LogP contribution in [0.15, 0.2) is 105 Å². The number of hydrazone groups is 1. The molecule has 4 aromatic rings. The van der Waals surface area contributed by atoms with Gasteiger partial charge >= 0.3 is 0 Å². The lowest BCUT2D eigenvalue weighted by Gasteiger charge is -2.12. The van der Waals surface area contributed by atoms with Crippen molar-refractivity contribution in [2.75, 3.05) is 0 Å². The predicted octanol–water partition coefficient (Wildman–Crippen LogP) is 7.79. The van der Waals surface area contributed by atoms with Crippen LogP contribution in [0.1, 0.15) is 27.0 Å². The van der Waals surface area contributed by atoms with Gasteiger partial charge in [-0.25, -0.2) is 5.43 Å². The number of nitrogens with zero attached hydrogens (tertiary/aromatic N) is 1. The van der Waals surface area contributed by atoms with E-state index in [-0.39, 0.29) is 12.5 Å². The van der Waals surface area contributed by atoms with E-state index in [1.807, 2.05) is 60.7 Å². The van der Waals surface area contributed by atoms with Crippen LogP contribution < -0.4 is 14.9 Å². The summed E-state index contributed by atoms with van der Waals surface area (Å²) < 4.78 is 13.3. The van der Waals surface area contributed by atoms with E-state index in [0.717, 1.165) is 25.6 Å². The Balaban J connectivity index is 1.39. The molecule has 5 nitrogen and oxygen atoms in total. The van der Waals surface area contributed by atoms with Gasteiger partial charge in [-0.05, 0) is 73.3 Å². The highest BCUT2D eigenvalue weighted by molar-refractivity contribution is 9.11. The van der Waals surface area contributed by atoms with E-state index in [4.69, 9.17) is 21.1 Å². The Morgan fingerprint density at radius 1 is 0.861 bits per heavy atom. The van der Waals surface area contributed by atoms with Crippen molar-refractivity contribution < 1.29 is 14.3 Å². The number of hydrogen-bond acceptors (Lipinski definition) is 4. The summed E-state index contributed by atoms with van der Waals surface area (Å²) in [5, 5.41) is 4.72. The maximum atomic E-state index is 12.8. The van der Waals surface area contributed by atoms with Gasteiger partial charge in [-0.15, -0.1) is 0 Å². The lowest BCUT2D eigenvalue weighted by Crippen LogP contribution is -2.18. The highest BCUT2D eigenvalue weighted by atomic mass is 79.9. The second-order valence-corrected chi connectivity index (χ2v) is 9.78. The zero-order chi connectivity index (χ0) is 25.3. The summed E-state index contributed by atoms with van der Waals surface area (Å²) in [5.74, 6) is 0.738. The molecule has 0 spiro atoms. The summed E-state index contributed by atoms with van der Waals surface area (Å²) in [6.45, 7) is 0.688. The van der Waals surface area contributed by atoms with Gasteiger partial charge in [-0.2, -0.15) is 5.10 Å². The largest absolute Gasteiger partial charge is 0.488 e. The monoisotopic (exact) mass is 626 g/mol. The van der Waals surface area contributed by atoms with Gasteiger partial charge in [-0.3, -0.25) is 4.79 Å². The molecule has 1 amide bonds. The second-order valence-electron chi connectivity index (χ2n) is 7.66. The molecule has 0 atom stereocenters. The van der Waals surface area contributed by atoms with Crippen molar-refractivity contribution >= 4 is 55.6 Å². The molecule has 0 heterocycles. The van der Waals surface area contributed by atoms with Crippen LogP contribution in [-0.4, -0.2) is 12.1 Å². The molecule has 0 fully saturated rings. The molecule has 1 N–H and O–H groups in total. The Labute approximate surface area is 231 Å². The molecule has 0 aliphatic heterocycles. The molecule has 36 heavy (non-hydrogen) atoms. The van der Waals surface area contributed by atoms with E-state index < -0.39 is 0 Å². The van der Waals surface area contributed by atoms with Crippen LogP contribution in [0.5, 0.6) is 11.5 Å². The molecule has 0 bridgehead atoms. The first kappa shape index (κ1) is 25.9. The fourth-order valence-electron chi connectivity index (χ4n) is 3.30. The van der Waals surface area contributed by atoms with Gasteiger partial charge in [0.15, 0.2) is 0 Å². The van der Waals surface area contributed by atoms with Crippen molar-refractivity contribution in [1.29, 1.82) is 0 Å². The molecule has 0 saturated carbocycles. The van der Waals surface area contributed by atoms with Gasteiger partial charge in [0.25, 0.3) is 5.91 Å². The third kappa shape index (κ3) is 6.97. The number of amides is 1. The Morgan fingerprint density at radius 3 is 2.28 bits per heavy atom. The van der Waals surface area contributed by atoms with Crippen molar-refractivity contribution in [3.63, 3.8) is 0 Å². The minimum Gasteiger partial charge on any atom is -0.488 e. The Kier molecular flexibility index (Phi) is 9.17. The molecular weight excluding hydrogens is 608 g/mol. The molecule has 0 aliphatic carbocycles. The average Bonchev–Trinajstić information content (AvgIpc) is 2.88. The summed E-state index contributed by atoms with van der Waals surface area (Å²) in [6.07, 6.45) is 1.56. The number of ether oxygens (including phenoxy) is 2. The van der Waals surface area contributed by atoms with E-state index in [2.05, 4.69) is 42.4 Å². The standard InChI is InChI=1S/C28H21Br2ClN2O3/c29-23-14-20(15-24(30)27(23)36-17-19-8-2-1-3-9-19)16-32-33-28(34)22-11-5-7-13-26(22)35-18-21-10-4-6-12-25(21)31/h1-16H,17-18H2,(H,33,34)/b32-16+. The SMILES string of the molecule is O=C(N/N=C/c1cc(Br)c(OCc2ccccc2)c(Br)c1)c1ccccc1OCc1ccccc1Cl. The van der Waals surface area contributed by atoms with Gasteiger partial charge < -0.3 is 9.47 Å². The molecule has 4 aromatic carbocycles. The number of halogens is 3. The van der Waals surface area contributed by atoms with Crippen molar-refractivity contribution in [3.05, 3.63) is 127 Å². The molecule has 4 rings (SSSR count). The lowest BCUT2D eigenvalue weighted by atomic mass is 10.2. The highest BCUT2D eigenvalue weighted by Gasteiger charge is 2.13. The third-order valence-electron chi connectivity index (χ3n) is 5.10. The van der Waals surface area contributed by atoms with E-state index in [9.17, 15) is 4.79 Å². The lowest BCUT2D eigenvalue weighted by molar-refractivity contribution is 0.0950. The molecule has 0 radical (unpaired) electrons. The molecular formula is C28H21Br2ClN2O3. The fraction of sp³-hybridized carbons (Fsp3) is 0.0714. The van der Waals surface area contributed by atoms with Gasteiger partial charge in [0.2, 0.25) is 0 Å². The topological polar surface area (TPSA) is 59.9 Å². The zero-order valence-corrected chi connectivity index (χ0v) is 22.9. The minimum atomic E-state index is -0.387. The summed E-state index contributed by atoms with van der Waals surface area (Å²) in [4.78, 5) is 12.8. The number of benzene rings is 4. The first-order valence-electron chi connectivity index (χ1n) is 11.0. The average molecular weight is 629 g/mol. The Bertz CT molecular complexity index is 1360. The first-order chi connectivity index (χ1) is 17.5. The quantitative estimate of drug-likeness (QED) is 0.152. The summed E-state index contributed by atoms with van der Waals surface area (Å²) >= 11 is 13.3. The van der Waals surface area contributed by atoms with Gasteiger partial charge in [0.05, 0.1) is 20.7 Å². The summed E-state index contributed by atoms with van der Waals surface area (Å²) in [7, 11) is 0. The van der Waals surface area contributed by atoms with Crippen molar-refractivity contribution in [2.45, 2.75) is 13.2 Å². The number of para-hydroxylation sites is 1. The number of rotatable bonds is 9. The van der Waals surface area contributed by atoms with Crippen LogP contribution in [-0.2, 0) is 13.2 Å². The van der Waals surface area contributed by atoms with Crippen LogP contribution in [0.25, 0.3) is 0 Å².